The zero-order chi connectivity index (χ0) is 18.3. The molecule has 7 heteroatoms. The summed E-state index contributed by atoms with van der Waals surface area (Å²) >= 11 is 0. The largest absolute Gasteiger partial charge is 0.459 e. The molecule has 0 atom stereocenters. The van der Waals surface area contributed by atoms with Crippen LogP contribution in [0, 0.1) is 0 Å². The van der Waals surface area contributed by atoms with Gasteiger partial charge < -0.3 is 20.4 Å². The Morgan fingerprint density at radius 1 is 0.880 bits per heavy atom. The Morgan fingerprint density at radius 3 is 2.20 bits per heavy atom. The van der Waals surface area contributed by atoms with Gasteiger partial charge in [0.25, 0.3) is 5.91 Å². The van der Waals surface area contributed by atoms with Crippen LogP contribution < -0.4 is 16.0 Å². The van der Waals surface area contributed by atoms with Crippen LogP contribution in [-0.4, -0.2) is 37.4 Å². The molecule has 1 aromatic heterocycles. The molecule has 0 aliphatic rings. The monoisotopic (exact) mass is 351 g/mol. The van der Waals surface area contributed by atoms with E-state index in [0.717, 1.165) is 12.8 Å². The molecule has 0 aliphatic carbocycles. The fourth-order valence-corrected chi connectivity index (χ4v) is 2.27. The lowest BCUT2D eigenvalue weighted by Crippen LogP contribution is -2.42. The molecule has 1 aromatic rings. The van der Waals surface area contributed by atoms with Gasteiger partial charge in [0, 0.05) is 6.54 Å². The second kappa shape index (κ2) is 13.0. The van der Waals surface area contributed by atoms with Gasteiger partial charge in [0.05, 0.1) is 19.4 Å². The summed E-state index contributed by atoms with van der Waals surface area (Å²) < 4.78 is 4.91. The van der Waals surface area contributed by atoms with Crippen molar-refractivity contribution in [3.8, 4) is 0 Å². The van der Waals surface area contributed by atoms with Crippen molar-refractivity contribution in [2.45, 2.75) is 51.9 Å². The number of rotatable bonds is 13. The van der Waals surface area contributed by atoms with Crippen molar-refractivity contribution in [1.29, 1.82) is 0 Å². The van der Waals surface area contributed by atoms with Crippen LogP contribution in [0.3, 0.4) is 0 Å². The molecule has 3 amide bonds. The van der Waals surface area contributed by atoms with E-state index in [1.807, 2.05) is 0 Å². The quantitative estimate of drug-likeness (QED) is 0.473. The molecule has 0 spiro atoms. The summed E-state index contributed by atoms with van der Waals surface area (Å²) in [7, 11) is 0. The molecule has 140 valence electrons. The van der Waals surface area contributed by atoms with E-state index in [4.69, 9.17) is 4.42 Å². The van der Waals surface area contributed by atoms with E-state index in [1.54, 1.807) is 6.07 Å². The van der Waals surface area contributed by atoms with Gasteiger partial charge in [-0.05, 0) is 18.6 Å². The minimum absolute atomic E-state index is 0.0913. The second-order valence-electron chi connectivity index (χ2n) is 5.91. The normalized spacial score (nSPS) is 10.3. The van der Waals surface area contributed by atoms with Crippen LogP contribution in [0.25, 0.3) is 0 Å². The van der Waals surface area contributed by atoms with E-state index >= 15 is 0 Å². The van der Waals surface area contributed by atoms with E-state index in [9.17, 15) is 14.4 Å². The third kappa shape index (κ3) is 10.2. The zero-order valence-electron chi connectivity index (χ0n) is 14.9. The molecule has 0 saturated heterocycles. The first-order valence-electron chi connectivity index (χ1n) is 8.98. The Bertz CT molecular complexity index is 514. The molecule has 0 radical (unpaired) electrons. The summed E-state index contributed by atoms with van der Waals surface area (Å²) in [5.74, 6) is -0.980. The van der Waals surface area contributed by atoms with Crippen LogP contribution in [0.1, 0.15) is 62.4 Å². The number of furan rings is 1. The summed E-state index contributed by atoms with van der Waals surface area (Å²) in [6.45, 7) is 2.52. The maximum absolute atomic E-state index is 11.6. The predicted molar refractivity (Wildman–Crippen MR) is 95.1 cm³/mol. The minimum Gasteiger partial charge on any atom is -0.459 e. The first-order chi connectivity index (χ1) is 12.1. The van der Waals surface area contributed by atoms with E-state index in [0.29, 0.717) is 6.54 Å². The molecular formula is C18H29N3O4. The molecule has 0 fully saturated rings. The number of carbonyl (C=O) groups excluding carboxylic acids is 3. The van der Waals surface area contributed by atoms with E-state index < -0.39 is 11.8 Å². The summed E-state index contributed by atoms with van der Waals surface area (Å²) in [5.41, 5.74) is 0. The topological polar surface area (TPSA) is 100 Å². The van der Waals surface area contributed by atoms with Crippen LogP contribution in [0.2, 0.25) is 0 Å². The molecule has 1 rings (SSSR count). The number of unbranched alkanes of at least 4 members (excludes halogenated alkanes) is 6. The summed E-state index contributed by atoms with van der Waals surface area (Å²) in [4.78, 5) is 34.8. The van der Waals surface area contributed by atoms with Crippen molar-refractivity contribution in [2.75, 3.05) is 19.6 Å². The molecule has 3 N–H and O–H groups in total. The smallest absolute Gasteiger partial charge is 0.287 e. The van der Waals surface area contributed by atoms with Gasteiger partial charge in [-0.25, -0.2) is 0 Å². The maximum Gasteiger partial charge on any atom is 0.287 e. The Balaban J connectivity index is 1.98. The average molecular weight is 351 g/mol. The third-order valence-corrected chi connectivity index (χ3v) is 3.70. The lowest BCUT2D eigenvalue weighted by Gasteiger charge is -2.07. The summed E-state index contributed by atoms with van der Waals surface area (Å²) in [6, 6.07) is 3.09. The van der Waals surface area contributed by atoms with Crippen molar-refractivity contribution in [3.63, 3.8) is 0 Å². The van der Waals surface area contributed by atoms with Crippen molar-refractivity contribution in [3.05, 3.63) is 24.2 Å². The number of carbonyl (C=O) groups is 3. The highest BCUT2D eigenvalue weighted by Crippen LogP contribution is 2.06. The molecule has 25 heavy (non-hydrogen) atoms. The lowest BCUT2D eigenvalue weighted by molar-refractivity contribution is -0.125. The third-order valence-electron chi connectivity index (χ3n) is 3.70. The molecular weight excluding hydrogens is 322 g/mol. The molecule has 7 nitrogen and oxygen atoms in total. The Kier molecular flexibility index (Phi) is 10.8. The fraction of sp³-hybridized carbons (Fsp3) is 0.611. The molecule has 0 aromatic carbocycles. The van der Waals surface area contributed by atoms with Crippen LogP contribution in [0.15, 0.2) is 22.8 Å². The molecule has 1 heterocycles. The average Bonchev–Trinajstić information content (AvgIpc) is 3.15. The molecule has 0 saturated carbocycles. The maximum atomic E-state index is 11.6. The Hall–Kier alpha value is -2.31. The number of hydrogen-bond acceptors (Lipinski definition) is 4. The van der Waals surface area contributed by atoms with Crippen molar-refractivity contribution < 1.29 is 18.8 Å². The van der Waals surface area contributed by atoms with Crippen LogP contribution in [0.4, 0.5) is 0 Å². The van der Waals surface area contributed by atoms with Gasteiger partial charge in [0.2, 0.25) is 11.8 Å². The van der Waals surface area contributed by atoms with Crippen LogP contribution >= 0.6 is 0 Å². The first kappa shape index (κ1) is 20.7. The fourth-order valence-electron chi connectivity index (χ4n) is 2.27. The standard InChI is InChI=1S/C18H29N3O4/c1-2-3-4-5-6-7-8-11-19-16(22)13-20-17(23)14-21-18(24)15-10-9-12-25-15/h9-10,12H,2-8,11,13-14H2,1H3,(H,19,22)(H,20,23)(H,21,24). The van der Waals surface area contributed by atoms with Gasteiger partial charge in [-0.2, -0.15) is 0 Å². The Morgan fingerprint density at radius 2 is 1.52 bits per heavy atom. The van der Waals surface area contributed by atoms with E-state index in [2.05, 4.69) is 22.9 Å². The highest BCUT2D eigenvalue weighted by atomic mass is 16.3. The zero-order valence-corrected chi connectivity index (χ0v) is 14.9. The highest BCUT2D eigenvalue weighted by molar-refractivity contribution is 5.94. The van der Waals surface area contributed by atoms with Crippen molar-refractivity contribution in [2.24, 2.45) is 0 Å². The van der Waals surface area contributed by atoms with Gasteiger partial charge in [-0.3, -0.25) is 14.4 Å². The Labute approximate surface area is 148 Å². The summed E-state index contributed by atoms with van der Waals surface area (Å²) in [5, 5.41) is 7.65. The van der Waals surface area contributed by atoms with Gasteiger partial charge in [-0.15, -0.1) is 0 Å². The first-order valence-corrected chi connectivity index (χ1v) is 8.98. The van der Waals surface area contributed by atoms with Gasteiger partial charge in [0.1, 0.15) is 0 Å². The highest BCUT2D eigenvalue weighted by Gasteiger charge is 2.10. The van der Waals surface area contributed by atoms with Crippen LogP contribution in [0.5, 0.6) is 0 Å². The van der Waals surface area contributed by atoms with Gasteiger partial charge in [-0.1, -0.05) is 45.4 Å². The van der Waals surface area contributed by atoms with E-state index in [-0.39, 0.29) is 24.8 Å². The second-order valence-corrected chi connectivity index (χ2v) is 5.91. The molecule has 0 unspecified atom stereocenters. The minimum atomic E-state index is -0.469. The molecule has 0 bridgehead atoms. The predicted octanol–water partition coefficient (Wildman–Crippen LogP) is 1.99. The molecule has 0 aliphatic heterocycles. The van der Waals surface area contributed by atoms with Crippen LogP contribution in [-0.2, 0) is 9.59 Å². The van der Waals surface area contributed by atoms with Crippen molar-refractivity contribution in [1.82, 2.24) is 16.0 Å². The van der Waals surface area contributed by atoms with Gasteiger partial charge in [0.15, 0.2) is 5.76 Å². The number of amides is 3. The van der Waals surface area contributed by atoms with Gasteiger partial charge >= 0.3 is 0 Å². The SMILES string of the molecule is CCCCCCCCCNC(=O)CNC(=O)CNC(=O)c1ccco1. The number of nitrogens with one attached hydrogen (secondary N) is 3. The van der Waals surface area contributed by atoms with E-state index in [1.165, 1.54) is 44.4 Å². The van der Waals surface area contributed by atoms with Crippen molar-refractivity contribution >= 4 is 17.7 Å². The summed E-state index contributed by atoms with van der Waals surface area (Å²) in [6.07, 6.45) is 9.70. The number of hydrogen-bond donors (Lipinski definition) is 3. The lowest BCUT2D eigenvalue weighted by atomic mass is 10.1.